The number of hydrogen-bond acceptors (Lipinski definition) is 3. The minimum Gasteiger partial charge on any atom is -0.453 e. The smallest absolute Gasteiger partial charge is 0.397 e. The highest BCUT2D eigenvalue weighted by atomic mass is 16.6. The monoisotopic (exact) mass is 263 g/mol. The summed E-state index contributed by atoms with van der Waals surface area (Å²) in [6, 6.07) is 7.52. The predicted octanol–water partition coefficient (Wildman–Crippen LogP) is 2.55. The highest BCUT2D eigenvalue weighted by Gasteiger charge is 2.26. The number of nitrogens with zero attached hydrogens (tertiary/aromatic N) is 1. The van der Waals surface area contributed by atoms with Gasteiger partial charge in [0, 0.05) is 12.7 Å². The molecule has 0 radical (unpaired) electrons. The van der Waals surface area contributed by atoms with Crippen LogP contribution in [0.15, 0.2) is 24.3 Å². The Bertz CT molecular complexity index is 457. The molecule has 0 spiro atoms. The normalized spacial score (nSPS) is 11.0. The fraction of sp³-hybridized carbons (Fsp3) is 0.467. The molecule has 0 aliphatic carbocycles. The van der Waals surface area contributed by atoms with Crippen molar-refractivity contribution < 1.29 is 14.3 Å². The number of likely N-dealkylation sites (N-methyl/N-ethyl adjacent to an activating group) is 1. The molecule has 0 N–H and O–H groups in total. The van der Waals surface area contributed by atoms with Crippen LogP contribution in [0.25, 0.3) is 0 Å². The summed E-state index contributed by atoms with van der Waals surface area (Å²) in [6.07, 6.45) is 0.935. The van der Waals surface area contributed by atoms with Crippen LogP contribution >= 0.6 is 0 Å². The van der Waals surface area contributed by atoms with Gasteiger partial charge in [0.15, 0.2) is 0 Å². The van der Waals surface area contributed by atoms with Gasteiger partial charge in [-0.3, -0.25) is 4.79 Å². The fourth-order valence-corrected chi connectivity index (χ4v) is 1.53. The topological polar surface area (TPSA) is 46.6 Å². The van der Waals surface area contributed by atoms with Gasteiger partial charge in [-0.25, -0.2) is 4.79 Å². The first-order valence-corrected chi connectivity index (χ1v) is 6.34. The third kappa shape index (κ3) is 4.39. The highest BCUT2D eigenvalue weighted by Crippen LogP contribution is 2.16. The summed E-state index contributed by atoms with van der Waals surface area (Å²) in [7, 11) is 1.56. The minimum absolute atomic E-state index is 0.667. The Morgan fingerprint density at radius 1 is 1.16 bits per heavy atom. The summed E-state index contributed by atoms with van der Waals surface area (Å²) in [4.78, 5) is 24.9. The number of anilines is 1. The maximum absolute atomic E-state index is 11.9. The van der Waals surface area contributed by atoms with Crippen molar-refractivity contribution in [3.63, 3.8) is 0 Å². The molecule has 0 aliphatic heterocycles. The van der Waals surface area contributed by atoms with Crippen LogP contribution in [-0.4, -0.2) is 24.5 Å². The SMILES string of the molecule is CCc1ccc(N(C)C(=O)C(=O)OC(C)(C)C)cc1. The zero-order chi connectivity index (χ0) is 14.6. The van der Waals surface area contributed by atoms with E-state index in [9.17, 15) is 9.59 Å². The maximum atomic E-state index is 11.9. The highest BCUT2D eigenvalue weighted by molar-refractivity contribution is 6.38. The molecule has 0 fully saturated rings. The average molecular weight is 263 g/mol. The van der Waals surface area contributed by atoms with Crippen molar-refractivity contribution >= 4 is 17.6 Å². The molecule has 0 aliphatic rings. The van der Waals surface area contributed by atoms with Gasteiger partial charge in [-0.2, -0.15) is 0 Å². The Kier molecular flexibility index (Phi) is 4.70. The Hall–Kier alpha value is -1.84. The lowest BCUT2D eigenvalue weighted by atomic mass is 10.1. The molecule has 1 aromatic rings. The molecular formula is C15H21NO3. The maximum Gasteiger partial charge on any atom is 0.397 e. The molecule has 19 heavy (non-hydrogen) atoms. The van der Waals surface area contributed by atoms with Crippen molar-refractivity contribution in [1.82, 2.24) is 0 Å². The zero-order valence-corrected chi connectivity index (χ0v) is 12.2. The number of aryl methyl sites for hydroxylation is 1. The number of rotatable bonds is 2. The fourth-order valence-electron chi connectivity index (χ4n) is 1.53. The third-order valence-electron chi connectivity index (χ3n) is 2.61. The first kappa shape index (κ1) is 15.2. The second kappa shape index (κ2) is 5.87. The molecule has 0 aromatic heterocycles. The number of hydrogen-bond donors (Lipinski definition) is 0. The molecule has 0 saturated carbocycles. The van der Waals surface area contributed by atoms with Crippen molar-refractivity contribution in [2.24, 2.45) is 0 Å². The number of carbonyl (C=O) groups excluding carboxylic acids is 2. The van der Waals surface area contributed by atoms with Crippen molar-refractivity contribution in [2.45, 2.75) is 39.7 Å². The standard InChI is InChI=1S/C15H21NO3/c1-6-11-7-9-12(10-8-11)16(5)13(17)14(18)19-15(2,3)4/h7-10H,6H2,1-5H3. The quantitative estimate of drug-likeness (QED) is 0.608. The van der Waals surface area contributed by atoms with E-state index in [1.165, 1.54) is 10.5 Å². The van der Waals surface area contributed by atoms with Crippen LogP contribution in [0.3, 0.4) is 0 Å². The van der Waals surface area contributed by atoms with Gasteiger partial charge in [-0.1, -0.05) is 19.1 Å². The molecule has 1 rings (SSSR count). The van der Waals surface area contributed by atoms with E-state index in [0.29, 0.717) is 5.69 Å². The van der Waals surface area contributed by atoms with Crippen LogP contribution in [0, 0.1) is 0 Å². The van der Waals surface area contributed by atoms with E-state index in [1.54, 1.807) is 27.8 Å². The number of carbonyl (C=O) groups is 2. The molecule has 1 amide bonds. The minimum atomic E-state index is -0.838. The van der Waals surface area contributed by atoms with Crippen LogP contribution in [0.2, 0.25) is 0 Å². The van der Waals surface area contributed by atoms with Gasteiger partial charge in [0.25, 0.3) is 0 Å². The Labute approximate surface area is 114 Å². The zero-order valence-electron chi connectivity index (χ0n) is 12.2. The Balaban J connectivity index is 2.78. The van der Waals surface area contributed by atoms with Gasteiger partial charge in [-0.15, -0.1) is 0 Å². The number of amides is 1. The van der Waals surface area contributed by atoms with Gasteiger partial charge in [0.1, 0.15) is 5.60 Å². The lowest BCUT2D eigenvalue weighted by molar-refractivity contribution is -0.162. The van der Waals surface area contributed by atoms with Gasteiger partial charge < -0.3 is 9.64 Å². The molecule has 0 heterocycles. The largest absolute Gasteiger partial charge is 0.453 e. The van der Waals surface area contributed by atoms with Gasteiger partial charge in [0.2, 0.25) is 0 Å². The summed E-state index contributed by atoms with van der Waals surface area (Å²) in [5, 5.41) is 0. The van der Waals surface area contributed by atoms with Crippen molar-refractivity contribution in [1.29, 1.82) is 0 Å². The first-order chi connectivity index (χ1) is 8.74. The third-order valence-corrected chi connectivity index (χ3v) is 2.61. The van der Waals surface area contributed by atoms with E-state index in [0.717, 1.165) is 6.42 Å². The van der Waals surface area contributed by atoms with E-state index in [-0.39, 0.29) is 0 Å². The number of ether oxygens (including phenoxy) is 1. The Morgan fingerprint density at radius 2 is 1.68 bits per heavy atom. The van der Waals surface area contributed by atoms with Crippen LogP contribution in [-0.2, 0) is 20.7 Å². The molecule has 0 bridgehead atoms. The lowest BCUT2D eigenvalue weighted by Gasteiger charge is -2.22. The van der Waals surface area contributed by atoms with Crippen LogP contribution in [0.4, 0.5) is 5.69 Å². The lowest BCUT2D eigenvalue weighted by Crippen LogP contribution is -2.38. The summed E-state index contributed by atoms with van der Waals surface area (Å²) in [5.74, 6) is -1.51. The number of benzene rings is 1. The van der Waals surface area contributed by atoms with E-state index in [4.69, 9.17) is 4.74 Å². The number of esters is 1. The summed E-state index contributed by atoms with van der Waals surface area (Å²) in [5.41, 5.74) is 1.19. The first-order valence-electron chi connectivity index (χ1n) is 6.34. The van der Waals surface area contributed by atoms with E-state index in [1.807, 2.05) is 24.3 Å². The Morgan fingerprint density at radius 3 is 2.11 bits per heavy atom. The predicted molar refractivity (Wildman–Crippen MR) is 75.1 cm³/mol. The molecule has 0 unspecified atom stereocenters. The van der Waals surface area contributed by atoms with Gasteiger partial charge in [-0.05, 0) is 44.9 Å². The van der Waals surface area contributed by atoms with Crippen LogP contribution in [0.1, 0.15) is 33.3 Å². The summed E-state index contributed by atoms with van der Waals surface area (Å²) in [6.45, 7) is 7.25. The second-order valence-corrected chi connectivity index (χ2v) is 5.39. The van der Waals surface area contributed by atoms with Crippen molar-refractivity contribution in [3.05, 3.63) is 29.8 Å². The molecule has 4 nitrogen and oxygen atoms in total. The summed E-state index contributed by atoms with van der Waals surface area (Å²) < 4.78 is 5.06. The molecule has 104 valence electrons. The molecule has 1 aromatic carbocycles. The van der Waals surface area contributed by atoms with Gasteiger partial charge >= 0.3 is 11.9 Å². The molecular weight excluding hydrogens is 242 g/mol. The van der Waals surface area contributed by atoms with Crippen LogP contribution < -0.4 is 4.90 Å². The van der Waals surface area contributed by atoms with E-state index >= 15 is 0 Å². The van der Waals surface area contributed by atoms with Crippen molar-refractivity contribution in [2.75, 3.05) is 11.9 Å². The van der Waals surface area contributed by atoms with E-state index < -0.39 is 17.5 Å². The molecule has 4 heteroatoms. The second-order valence-electron chi connectivity index (χ2n) is 5.39. The molecule has 0 saturated heterocycles. The van der Waals surface area contributed by atoms with Crippen LogP contribution in [0.5, 0.6) is 0 Å². The average Bonchev–Trinajstić information content (AvgIpc) is 2.35. The van der Waals surface area contributed by atoms with Crippen molar-refractivity contribution in [3.8, 4) is 0 Å². The van der Waals surface area contributed by atoms with E-state index in [2.05, 4.69) is 6.92 Å². The molecule has 0 atom stereocenters. The van der Waals surface area contributed by atoms with Gasteiger partial charge in [0.05, 0.1) is 0 Å². The summed E-state index contributed by atoms with van der Waals surface area (Å²) >= 11 is 0.